The Morgan fingerprint density at radius 3 is 2.61 bits per heavy atom. The molecule has 0 spiro atoms. The van der Waals surface area contributed by atoms with Crippen LogP contribution >= 0.6 is 15.9 Å². The van der Waals surface area contributed by atoms with E-state index in [1.807, 2.05) is 0 Å². The molecule has 1 unspecified atom stereocenters. The second-order valence-electron chi connectivity index (χ2n) is 4.84. The molecular weight excluding hydrogens is 324 g/mol. The van der Waals surface area contributed by atoms with E-state index >= 15 is 0 Å². The zero-order valence-corrected chi connectivity index (χ0v) is 12.9. The topological polar surface area (TPSA) is 35.1 Å². The average molecular weight is 340 g/mol. The van der Waals surface area contributed by atoms with Gasteiger partial charge in [0.25, 0.3) is 0 Å². The highest BCUT2D eigenvalue weighted by Crippen LogP contribution is 2.26. The predicted octanol–water partition coefficient (Wildman–Crippen LogP) is 3.65. The summed E-state index contributed by atoms with van der Waals surface area (Å²) in [6.45, 7) is 5.16. The first kappa shape index (κ1) is 15.9. The van der Waals surface area contributed by atoms with E-state index in [0.29, 0.717) is 0 Å². The Morgan fingerprint density at radius 1 is 1.44 bits per heavy atom. The highest BCUT2D eigenvalue weighted by Gasteiger charge is 2.28. The van der Waals surface area contributed by atoms with Gasteiger partial charge < -0.3 is 4.55 Å². The summed E-state index contributed by atoms with van der Waals surface area (Å²) in [4.78, 5) is 0. The first-order valence-corrected chi connectivity index (χ1v) is 7.41. The standard InChI is InChI=1S/C12H16BrF2NOS/c1-12(2,3)18(17)16-7-10(14)8-5-4-6-9(13)11(8)15/h4-6,10,16H,7H2,1-3H3/t10-,18?/m0/s1. The minimum Gasteiger partial charge on any atom is -0.598 e. The summed E-state index contributed by atoms with van der Waals surface area (Å²) in [6.07, 6.45) is -1.53. The number of hydrogen-bond donors (Lipinski definition) is 1. The lowest BCUT2D eigenvalue weighted by Crippen LogP contribution is -2.40. The number of rotatable bonds is 4. The number of nitrogens with one attached hydrogen (secondary N) is 1. The van der Waals surface area contributed by atoms with Gasteiger partial charge in [0.15, 0.2) is 0 Å². The quantitative estimate of drug-likeness (QED) is 0.849. The molecule has 0 aliphatic rings. The van der Waals surface area contributed by atoms with Crippen LogP contribution in [0.25, 0.3) is 0 Å². The van der Waals surface area contributed by atoms with Crippen LogP contribution in [0.4, 0.5) is 8.78 Å². The zero-order valence-electron chi connectivity index (χ0n) is 10.5. The van der Waals surface area contributed by atoms with Crippen LogP contribution in [-0.4, -0.2) is 15.8 Å². The van der Waals surface area contributed by atoms with E-state index in [2.05, 4.69) is 20.7 Å². The van der Waals surface area contributed by atoms with Crippen molar-refractivity contribution >= 4 is 27.3 Å². The van der Waals surface area contributed by atoms with Gasteiger partial charge in [-0.05, 0) is 42.8 Å². The normalized spacial score (nSPS) is 15.5. The Kier molecular flexibility index (Phi) is 5.58. The summed E-state index contributed by atoms with van der Waals surface area (Å²) in [7, 11) is 0. The molecule has 0 aliphatic heterocycles. The highest BCUT2D eigenvalue weighted by molar-refractivity contribution is 9.10. The monoisotopic (exact) mass is 339 g/mol. The van der Waals surface area contributed by atoms with E-state index in [1.54, 1.807) is 26.8 Å². The molecule has 2 nitrogen and oxygen atoms in total. The van der Waals surface area contributed by atoms with Crippen molar-refractivity contribution < 1.29 is 13.3 Å². The molecule has 1 aromatic carbocycles. The largest absolute Gasteiger partial charge is 0.598 e. The van der Waals surface area contributed by atoms with Gasteiger partial charge in [0, 0.05) is 16.9 Å². The van der Waals surface area contributed by atoms with Crippen LogP contribution in [0.5, 0.6) is 0 Å². The van der Waals surface area contributed by atoms with E-state index in [1.165, 1.54) is 12.1 Å². The second-order valence-corrected chi connectivity index (χ2v) is 7.75. The first-order chi connectivity index (χ1) is 8.23. The van der Waals surface area contributed by atoms with Gasteiger partial charge in [0.2, 0.25) is 0 Å². The van der Waals surface area contributed by atoms with Crippen LogP contribution in [0, 0.1) is 5.82 Å². The molecule has 18 heavy (non-hydrogen) atoms. The summed E-state index contributed by atoms with van der Waals surface area (Å²) < 4.78 is 41.5. The number of benzene rings is 1. The Labute approximate surface area is 118 Å². The molecule has 0 fully saturated rings. The minimum atomic E-state index is -1.53. The summed E-state index contributed by atoms with van der Waals surface area (Å²) in [5, 5.41) is 0. The van der Waals surface area contributed by atoms with Crippen molar-refractivity contribution in [3.05, 3.63) is 34.1 Å². The highest BCUT2D eigenvalue weighted by atomic mass is 79.9. The van der Waals surface area contributed by atoms with Gasteiger partial charge in [0.1, 0.15) is 16.7 Å². The van der Waals surface area contributed by atoms with Crippen LogP contribution in [0.1, 0.15) is 32.5 Å². The minimum absolute atomic E-state index is 0.0391. The Balaban J connectivity index is 2.66. The van der Waals surface area contributed by atoms with Crippen molar-refractivity contribution in [2.24, 2.45) is 0 Å². The molecule has 0 saturated heterocycles. The summed E-state index contributed by atoms with van der Waals surface area (Å²) >= 11 is 1.64. The molecule has 0 bridgehead atoms. The Morgan fingerprint density at radius 2 is 2.06 bits per heavy atom. The molecule has 6 heteroatoms. The lowest BCUT2D eigenvalue weighted by molar-refractivity contribution is 0.331. The molecule has 0 saturated carbocycles. The molecule has 0 heterocycles. The molecule has 0 aromatic heterocycles. The molecule has 1 aromatic rings. The SMILES string of the molecule is CC(C)(C)[S+]([O-])NC[C@H](F)c1cccc(Br)c1F. The smallest absolute Gasteiger partial charge is 0.145 e. The maximum Gasteiger partial charge on any atom is 0.145 e. The number of alkyl halides is 1. The van der Waals surface area contributed by atoms with Crippen molar-refractivity contribution in [1.29, 1.82) is 0 Å². The molecule has 1 rings (SSSR count). The molecule has 102 valence electrons. The fraction of sp³-hybridized carbons (Fsp3) is 0.500. The van der Waals surface area contributed by atoms with Gasteiger partial charge >= 0.3 is 0 Å². The first-order valence-electron chi connectivity index (χ1n) is 5.47. The predicted molar refractivity (Wildman–Crippen MR) is 73.8 cm³/mol. The van der Waals surface area contributed by atoms with E-state index in [9.17, 15) is 13.3 Å². The van der Waals surface area contributed by atoms with Gasteiger partial charge in [-0.3, -0.25) is 0 Å². The Bertz CT molecular complexity index is 412. The summed E-state index contributed by atoms with van der Waals surface area (Å²) in [5.74, 6) is -0.617. The van der Waals surface area contributed by atoms with Crippen LogP contribution in [0.3, 0.4) is 0 Å². The van der Waals surface area contributed by atoms with E-state index in [4.69, 9.17) is 0 Å². The van der Waals surface area contributed by atoms with E-state index < -0.39 is 28.1 Å². The van der Waals surface area contributed by atoms with Crippen molar-refractivity contribution in [2.75, 3.05) is 6.54 Å². The zero-order chi connectivity index (χ0) is 13.9. The van der Waals surface area contributed by atoms with Crippen molar-refractivity contribution in [1.82, 2.24) is 4.72 Å². The second kappa shape index (κ2) is 6.32. The lowest BCUT2D eigenvalue weighted by atomic mass is 10.1. The molecule has 0 aliphatic carbocycles. The summed E-state index contributed by atoms with van der Waals surface area (Å²) in [5.41, 5.74) is -0.0391. The maximum atomic E-state index is 13.9. The summed E-state index contributed by atoms with van der Waals surface area (Å²) in [6, 6.07) is 4.45. The fourth-order valence-electron chi connectivity index (χ4n) is 1.24. The van der Waals surface area contributed by atoms with Gasteiger partial charge in [-0.15, -0.1) is 4.72 Å². The molecule has 0 radical (unpaired) electrons. The van der Waals surface area contributed by atoms with Crippen LogP contribution in [0.15, 0.2) is 22.7 Å². The fourth-order valence-corrected chi connectivity index (χ4v) is 2.35. The van der Waals surface area contributed by atoms with Gasteiger partial charge in [-0.2, -0.15) is 0 Å². The lowest BCUT2D eigenvalue weighted by Gasteiger charge is -2.24. The Hall–Kier alpha value is -0.170. The van der Waals surface area contributed by atoms with E-state index in [0.717, 1.165) is 0 Å². The van der Waals surface area contributed by atoms with Gasteiger partial charge in [-0.1, -0.05) is 12.1 Å². The number of hydrogen-bond acceptors (Lipinski definition) is 2. The number of halogens is 3. The molecule has 0 amide bonds. The maximum absolute atomic E-state index is 13.9. The molecule has 1 N–H and O–H groups in total. The van der Waals surface area contributed by atoms with Crippen molar-refractivity contribution in [3.63, 3.8) is 0 Å². The third-order valence-electron chi connectivity index (χ3n) is 2.27. The van der Waals surface area contributed by atoms with Crippen LogP contribution in [-0.2, 0) is 11.4 Å². The average Bonchev–Trinajstić information content (AvgIpc) is 2.27. The third kappa shape index (κ3) is 4.19. The van der Waals surface area contributed by atoms with Crippen molar-refractivity contribution in [3.8, 4) is 0 Å². The molecule has 2 atom stereocenters. The van der Waals surface area contributed by atoms with E-state index in [-0.39, 0.29) is 16.6 Å². The molecular formula is C12H16BrF2NOS. The van der Waals surface area contributed by atoms with Gasteiger partial charge in [0.05, 0.1) is 11.0 Å². The third-order valence-corrected chi connectivity index (χ3v) is 4.42. The van der Waals surface area contributed by atoms with Crippen molar-refractivity contribution in [2.45, 2.75) is 31.7 Å². The van der Waals surface area contributed by atoms with Crippen LogP contribution < -0.4 is 4.72 Å². The van der Waals surface area contributed by atoms with Crippen LogP contribution in [0.2, 0.25) is 0 Å². The van der Waals surface area contributed by atoms with Gasteiger partial charge in [-0.25, -0.2) is 8.78 Å².